The highest BCUT2D eigenvalue weighted by molar-refractivity contribution is 5.76. The largest absolute Gasteiger partial charge is 0.489 e. The highest BCUT2D eigenvalue weighted by Crippen LogP contribution is 2.21. The zero-order chi connectivity index (χ0) is 16.7. The first-order chi connectivity index (χ1) is 11.1. The monoisotopic (exact) mass is 317 g/mol. The fourth-order valence-corrected chi connectivity index (χ4v) is 2.17. The molecular formula is C18H20FNO3. The van der Waals surface area contributed by atoms with Gasteiger partial charge in [-0.2, -0.15) is 0 Å². The molecule has 5 heteroatoms. The van der Waals surface area contributed by atoms with Crippen LogP contribution in [0.3, 0.4) is 0 Å². The van der Waals surface area contributed by atoms with Crippen LogP contribution < -0.4 is 10.5 Å². The van der Waals surface area contributed by atoms with Crippen molar-refractivity contribution in [2.45, 2.75) is 26.0 Å². The van der Waals surface area contributed by atoms with Crippen molar-refractivity contribution in [2.75, 3.05) is 6.61 Å². The van der Waals surface area contributed by atoms with Crippen molar-refractivity contribution in [2.24, 2.45) is 5.73 Å². The van der Waals surface area contributed by atoms with Crippen molar-refractivity contribution in [1.82, 2.24) is 0 Å². The second kappa shape index (κ2) is 8.29. The summed E-state index contributed by atoms with van der Waals surface area (Å²) in [7, 11) is 0. The highest BCUT2D eigenvalue weighted by atomic mass is 19.1. The van der Waals surface area contributed by atoms with Gasteiger partial charge < -0.3 is 15.2 Å². The summed E-state index contributed by atoms with van der Waals surface area (Å²) in [5.74, 6) is -0.118. The molecule has 23 heavy (non-hydrogen) atoms. The van der Waals surface area contributed by atoms with Gasteiger partial charge in [0.25, 0.3) is 0 Å². The lowest BCUT2D eigenvalue weighted by Crippen LogP contribution is -2.34. The maximum absolute atomic E-state index is 13.2. The number of benzene rings is 2. The Bertz CT molecular complexity index is 660. The van der Waals surface area contributed by atoms with Gasteiger partial charge in [0.2, 0.25) is 0 Å². The van der Waals surface area contributed by atoms with E-state index in [1.165, 1.54) is 12.1 Å². The average molecular weight is 317 g/mol. The van der Waals surface area contributed by atoms with Gasteiger partial charge in [-0.15, -0.1) is 0 Å². The number of ether oxygens (including phenoxy) is 2. The van der Waals surface area contributed by atoms with Crippen molar-refractivity contribution >= 4 is 5.97 Å². The second-order valence-electron chi connectivity index (χ2n) is 5.09. The van der Waals surface area contributed by atoms with Crippen LogP contribution in [0.1, 0.15) is 18.1 Å². The summed E-state index contributed by atoms with van der Waals surface area (Å²) in [6.07, 6.45) is 0.318. The van der Waals surface area contributed by atoms with Gasteiger partial charge in [-0.05, 0) is 36.2 Å². The van der Waals surface area contributed by atoms with Gasteiger partial charge in [0.1, 0.15) is 24.2 Å². The maximum atomic E-state index is 13.2. The Labute approximate surface area is 135 Å². The molecule has 0 aliphatic heterocycles. The molecule has 1 atom stereocenters. The van der Waals surface area contributed by atoms with Crippen molar-refractivity contribution in [1.29, 1.82) is 0 Å². The van der Waals surface area contributed by atoms with Crippen LogP contribution in [-0.4, -0.2) is 18.6 Å². The van der Waals surface area contributed by atoms with Crippen molar-refractivity contribution in [3.8, 4) is 5.75 Å². The van der Waals surface area contributed by atoms with Crippen molar-refractivity contribution < 1.29 is 18.7 Å². The molecule has 0 saturated heterocycles. The summed E-state index contributed by atoms with van der Waals surface area (Å²) in [6.45, 7) is 2.27. The fraction of sp³-hybridized carbons (Fsp3) is 0.278. The van der Waals surface area contributed by atoms with Gasteiger partial charge in [-0.25, -0.2) is 4.39 Å². The fourth-order valence-electron chi connectivity index (χ4n) is 2.17. The van der Waals surface area contributed by atoms with E-state index in [-0.39, 0.29) is 12.4 Å². The highest BCUT2D eigenvalue weighted by Gasteiger charge is 2.17. The number of halogens is 1. The van der Waals surface area contributed by atoms with E-state index in [4.69, 9.17) is 15.2 Å². The van der Waals surface area contributed by atoms with Gasteiger partial charge in [-0.3, -0.25) is 4.79 Å². The summed E-state index contributed by atoms with van der Waals surface area (Å²) >= 11 is 0. The van der Waals surface area contributed by atoms with Crippen LogP contribution in [0.5, 0.6) is 5.75 Å². The molecule has 2 N–H and O–H groups in total. The maximum Gasteiger partial charge on any atom is 0.323 e. The zero-order valence-corrected chi connectivity index (χ0v) is 13.0. The molecule has 2 aromatic rings. The van der Waals surface area contributed by atoms with Crippen LogP contribution in [0.25, 0.3) is 0 Å². The normalized spacial score (nSPS) is 11.8. The minimum Gasteiger partial charge on any atom is -0.489 e. The molecule has 1 unspecified atom stereocenters. The first-order valence-electron chi connectivity index (χ1n) is 7.47. The molecule has 122 valence electrons. The summed E-state index contributed by atoms with van der Waals surface area (Å²) in [5.41, 5.74) is 7.39. The Balaban J connectivity index is 2.04. The third-order valence-corrected chi connectivity index (χ3v) is 3.29. The summed E-state index contributed by atoms with van der Waals surface area (Å²) in [5, 5.41) is 0. The lowest BCUT2D eigenvalue weighted by atomic mass is 10.1. The van der Waals surface area contributed by atoms with Gasteiger partial charge in [0.15, 0.2) is 0 Å². The van der Waals surface area contributed by atoms with Crippen LogP contribution >= 0.6 is 0 Å². The predicted molar refractivity (Wildman–Crippen MR) is 85.5 cm³/mol. The van der Waals surface area contributed by atoms with E-state index in [9.17, 15) is 9.18 Å². The van der Waals surface area contributed by atoms with E-state index < -0.39 is 12.0 Å². The zero-order valence-electron chi connectivity index (χ0n) is 13.0. The SMILES string of the molecule is CCOC(=O)C(N)Cc1ccccc1OCc1cccc(F)c1. The summed E-state index contributed by atoms with van der Waals surface area (Å²) in [4.78, 5) is 11.6. The molecule has 0 spiro atoms. The van der Waals surface area contributed by atoms with Gasteiger partial charge in [-0.1, -0.05) is 30.3 Å². The Kier molecular flexibility index (Phi) is 6.11. The molecule has 0 aliphatic rings. The topological polar surface area (TPSA) is 61.5 Å². The Morgan fingerprint density at radius 1 is 1.22 bits per heavy atom. The van der Waals surface area contributed by atoms with Crippen LogP contribution in [0.4, 0.5) is 4.39 Å². The molecule has 0 aromatic heterocycles. The molecule has 0 bridgehead atoms. The number of carbonyl (C=O) groups is 1. The number of esters is 1. The van der Waals surface area contributed by atoms with Crippen LogP contribution in [0, 0.1) is 5.82 Å². The molecular weight excluding hydrogens is 297 g/mol. The molecule has 4 nitrogen and oxygen atoms in total. The lowest BCUT2D eigenvalue weighted by molar-refractivity contribution is -0.144. The molecule has 0 radical (unpaired) electrons. The summed E-state index contributed by atoms with van der Waals surface area (Å²) < 4.78 is 23.8. The third kappa shape index (κ3) is 5.07. The average Bonchev–Trinajstić information content (AvgIpc) is 2.54. The minimum atomic E-state index is -0.742. The molecule has 0 amide bonds. The van der Waals surface area contributed by atoms with Gasteiger partial charge in [0.05, 0.1) is 6.61 Å². The Morgan fingerprint density at radius 2 is 2.00 bits per heavy atom. The Hall–Kier alpha value is -2.40. The number of para-hydroxylation sites is 1. The van der Waals surface area contributed by atoms with Crippen LogP contribution in [-0.2, 0) is 22.6 Å². The van der Waals surface area contributed by atoms with E-state index >= 15 is 0 Å². The minimum absolute atomic E-state index is 0.240. The van der Waals surface area contributed by atoms with E-state index in [1.54, 1.807) is 25.1 Å². The predicted octanol–water partition coefficient (Wildman–Crippen LogP) is 2.84. The van der Waals surface area contributed by atoms with Crippen molar-refractivity contribution in [3.05, 3.63) is 65.5 Å². The van der Waals surface area contributed by atoms with Gasteiger partial charge >= 0.3 is 5.97 Å². The summed E-state index contributed by atoms with van der Waals surface area (Å²) in [6, 6.07) is 12.8. The number of nitrogens with two attached hydrogens (primary N) is 1. The van der Waals surface area contributed by atoms with E-state index in [0.717, 1.165) is 11.1 Å². The van der Waals surface area contributed by atoms with Crippen LogP contribution in [0.2, 0.25) is 0 Å². The quantitative estimate of drug-likeness (QED) is 0.798. The molecule has 0 heterocycles. The molecule has 0 aliphatic carbocycles. The van der Waals surface area contributed by atoms with E-state index in [1.807, 2.05) is 18.2 Å². The van der Waals surface area contributed by atoms with E-state index in [0.29, 0.717) is 18.8 Å². The molecule has 2 rings (SSSR count). The third-order valence-electron chi connectivity index (χ3n) is 3.29. The number of hydrogen-bond donors (Lipinski definition) is 1. The van der Waals surface area contributed by atoms with Crippen molar-refractivity contribution in [3.63, 3.8) is 0 Å². The van der Waals surface area contributed by atoms with Gasteiger partial charge in [0, 0.05) is 6.42 Å². The second-order valence-corrected chi connectivity index (χ2v) is 5.09. The smallest absolute Gasteiger partial charge is 0.323 e. The number of rotatable bonds is 7. The van der Waals surface area contributed by atoms with E-state index in [2.05, 4.69) is 0 Å². The molecule has 2 aromatic carbocycles. The number of carbonyl (C=O) groups excluding carboxylic acids is 1. The lowest BCUT2D eigenvalue weighted by Gasteiger charge is -2.14. The standard InChI is InChI=1S/C18H20FNO3/c1-2-22-18(21)16(20)11-14-7-3-4-9-17(14)23-12-13-6-5-8-15(19)10-13/h3-10,16H,2,11-12,20H2,1H3. The molecule has 0 saturated carbocycles. The Morgan fingerprint density at radius 3 is 2.74 bits per heavy atom. The first kappa shape index (κ1) is 17.0. The first-order valence-corrected chi connectivity index (χ1v) is 7.47. The van der Waals surface area contributed by atoms with Crippen LogP contribution in [0.15, 0.2) is 48.5 Å². The molecule has 0 fully saturated rings. The number of hydrogen-bond acceptors (Lipinski definition) is 4.